The normalized spacial score (nSPS) is 10.1. The average molecular weight is 246 g/mol. The Hall–Kier alpha value is -2.47. The molecule has 0 saturated carbocycles. The number of para-hydroxylation sites is 1. The monoisotopic (exact) mass is 246 g/mol. The summed E-state index contributed by atoms with van der Waals surface area (Å²) in [4.78, 5) is 11.0. The Morgan fingerprint density at radius 2 is 2.06 bits per heavy atom. The zero-order valence-corrected chi connectivity index (χ0v) is 9.28. The maximum atomic E-state index is 11.0. The second kappa shape index (κ2) is 5.24. The Labute approximate surface area is 102 Å². The molecular formula is C12H10N2O4. The number of hydrogen-bond acceptors (Lipinski definition) is 5. The molecule has 18 heavy (non-hydrogen) atoms. The van der Waals surface area contributed by atoms with E-state index in [-0.39, 0.29) is 18.1 Å². The van der Waals surface area contributed by atoms with Crippen LogP contribution in [-0.4, -0.2) is 26.4 Å². The predicted molar refractivity (Wildman–Crippen MR) is 61.4 cm³/mol. The quantitative estimate of drug-likeness (QED) is 0.848. The third-order valence-corrected chi connectivity index (χ3v) is 2.27. The predicted octanol–water partition coefficient (Wildman–Crippen LogP) is 1.46. The number of aromatic nitrogens is 2. The third-order valence-electron chi connectivity index (χ3n) is 2.27. The molecule has 0 aliphatic heterocycles. The van der Waals surface area contributed by atoms with E-state index in [0.717, 1.165) is 0 Å². The van der Waals surface area contributed by atoms with Crippen LogP contribution in [0.15, 0.2) is 36.5 Å². The van der Waals surface area contributed by atoms with Crippen LogP contribution in [0.5, 0.6) is 11.6 Å². The number of aliphatic hydroxyl groups excluding tert-OH is 1. The van der Waals surface area contributed by atoms with Crippen LogP contribution >= 0.6 is 0 Å². The first kappa shape index (κ1) is 12.0. The van der Waals surface area contributed by atoms with Gasteiger partial charge in [0, 0.05) is 5.56 Å². The van der Waals surface area contributed by atoms with Crippen molar-refractivity contribution in [2.75, 3.05) is 0 Å². The van der Waals surface area contributed by atoms with Gasteiger partial charge in [0.1, 0.15) is 11.3 Å². The van der Waals surface area contributed by atoms with Gasteiger partial charge in [-0.15, -0.1) is 5.10 Å². The molecular weight excluding hydrogens is 236 g/mol. The van der Waals surface area contributed by atoms with Gasteiger partial charge in [-0.2, -0.15) is 5.10 Å². The second-order valence-corrected chi connectivity index (χ2v) is 3.42. The minimum absolute atomic E-state index is 0.0854. The summed E-state index contributed by atoms with van der Waals surface area (Å²) >= 11 is 0. The van der Waals surface area contributed by atoms with Crippen molar-refractivity contribution in [3.05, 3.63) is 47.7 Å². The lowest BCUT2D eigenvalue weighted by atomic mass is 10.2. The molecule has 0 spiro atoms. The number of carboxylic acid groups (broad SMARTS) is 1. The Balaban J connectivity index is 2.37. The van der Waals surface area contributed by atoms with Crippen molar-refractivity contribution in [2.24, 2.45) is 0 Å². The summed E-state index contributed by atoms with van der Waals surface area (Å²) in [6.45, 7) is -0.209. The molecule has 2 rings (SSSR count). The molecule has 92 valence electrons. The molecule has 1 aromatic heterocycles. The summed E-state index contributed by atoms with van der Waals surface area (Å²) in [6.07, 6.45) is 1.27. The number of nitrogens with zero attached hydrogens (tertiary/aromatic N) is 2. The molecule has 2 aromatic rings. The van der Waals surface area contributed by atoms with Gasteiger partial charge in [-0.1, -0.05) is 18.2 Å². The van der Waals surface area contributed by atoms with Gasteiger partial charge in [-0.05, 0) is 12.1 Å². The summed E-state index contributed by atoms with van der Waals surface area (Å²) in [5, 5.41) is 25.3. The molecule has 0 radical (unpaired) electrons. The van der Waals surface area contributed by atoms with E-state index in [9.17, 15) is 4.79 Å². The first-order valence-electron chi connectivity index (χ1n) is 5.14. The summed E-state index contributed by atoms with van der Waals surface area (Å²) in [7, 11) is 0. The Morgan fingerprint density at radius 3 is 2.78 bits per heavy atom. The van der Waals surface area contributed by atoms with Crippen LogP contribution in [0.25, 0.3) is 0 Å². The van der Waals surface area contributed by atoms with Crippen LogP contribution in [0.2, 0.25) is 0 Å². The van der Waals surface area contributed by atoms with Gasteiger partial charge in [-0.3, -0.25) is 0 Å². The maximum Gasteiger partial charge on any atom is 0.341 e. The minimum Gasteiger partial charge on any atom is -0.477 e. The van der Waals surface area contributed by atoms with Crippen LogP contribution in [0, 0.1) is 0 Å². The van der Waals surface area contributed by atoms with Gasteiger partial charge in [0.05, 0.1) is 12.8 Å². The third kappa shape index (κ3) is 2.44. The van der Waals surface area contributed by atoms with E-state index in [1.807, 2.05) is 0 Å². The van der Waals surface area contributed by atoms with Gasteiger partial charge in [0.15, 0.2) is 0 Å². The molecule has 0 aliphatic rings. The molecule has 0 saturated heterocycles. The van der Waals surface area contributed by atoms with Crippen LogP contribution in [0.4, 0.5) is 0 Å². The standard InChI is InChI=1S/C12H10N2O4/c15-7-8-3-1-2-4-10(8)18-11-9(12(16)17)5-6-13-14-11/h1-6,15H,7H2,(H,16,17). The zero-order chi connectivity index (χ0) is 13.0. The van der Waals surface area contributed by atoms with Gasteiger partial charge in [0.2, 0.25) is 0 Å². The number of aromatic carboxylic acids is 1. The summed E-state index contributed by atoms with van der Waals surface area (Å²) in [5.41, 5.74) is 0.456. The zero-order valence-electron chi connectivity index (χ0n) is 9.28. The average Bonchev–Trinajstić information content (AvgIpc) is 2.40. The van der Waals surface area contributed by atoms with Gasteiger partial charge >= 0.3 is 5.97 Å². The lowest BCUT2D eigenvalue weighted by Gasteiger charge is -2.09. The van der Waals surface area contributed by atoms with E-state index in [0.29, 0.717) is 11.3 Å². The summed E-state index contributed by atoms with van der Waals surface area (Å²) in [6, 6.07) is 8.04. The molecule has 2 N–H and O–H groups in total. The highest BCUT2D eigenvalue weighted by Gasteiger charge is 2.14. The molecule has 0 unspecified atom stereocenters. The van der Waals surface area contributed by atoms with Gasteiger partial charge in [0.25, 0.3) is 5.88 Å². The number of hydrogen-bond donors (Lipinski definition) is 2. The van der Waals surface area contributed by atoms with E-state index in [1.54, 1.807) is 24.3 Å². The molecule has 0 amide bonds. The molecule has 6 heteroatoms. The topological polar surface area (TPSA) is 92.5 Å². The van der Waals surface area contributed by atoms with Crippen LogP contribution < -0.4 is 4.74 Å². The SMILES string of the molecule is O=C(O)c1ccnnc1Oc1ccccc1CO. The minimum atomic E-state index is -1.15. The Morgan fingerprint density at radius 1 is 1.28 bits per heavy atom. The number of ether oxygens (including phenoxy) is 1. The highest BCUT2D eigenvalue weighted by atomic mass is 16.5. The molecule has 0 aliphatic carbocycles. The van der Waals surface area contributed by atoms with Crippen molar-refractivity contribution in [1.82, 2.24) is 10.2 Å². The molecule has 1 heterocycles. The first-order valence-corrected chi connectivity index (χ1v) is 5.14. The van der Waals surface area contributed by atoms with Crippen LogP contribution in [0.1, 0.15) is 15.9 Å². The molecule has 1 aromatic carbocycles. The fourth-order valence-electron chi connectivity index (χ4n) is 1.40. The maximum absolute atomic E-state index is 11.0. The summed E-state index contributed by atoms with van der Waals surface area (Å²) in [5.74, 6) is -0.907. The van der Waals surface area contributed by atoms with Crippen molar-refractivity contribution in [3.8, 4) is 11.6 Å². The van der Waals surface area contributed by atoms with E-state index in [4.69, 9.17) is 14.9 Å². The van der Waals surface area contributed by atoms with Crippen molar-refractivity contribution in [1.29, 1.82) is 0 Å². The van der Waals surface area contributed by atoms with Gasteiger partial charge in [-0.25, -0.2) is 4.79 Å². The Kier molecular flexibility index (Phi) is 3.49. The van der Waals surface area contributed by atoms with Crippen molar-refractivity contribution < 1.29 is 19.7 Å². The number of rotatable bonds is 4. The largest absolute Gasteiger partial charge is 0.477 e. The smallest absolute Gasteiger partial charge is 0.341 e. The van der Waals surface area contributed by atoms with E-state index < -0.39 is 5.97 Å². The van der Waals surface area contributed by atoms with Crippen molar-refractivity contribution >= 4 is 5.97 Å². The van der Waals surface area contributed by atoms with Crippen molar-refractivity contribution in [2.45, 2.75) is 6.61 Å². The molecule has 0 bridgehead atoms. The second-order valence-electron chi connectivity index (χ2n) is 3.42. The van der Waals surface area contributed by atoms with E-state index in [1.165, 1.54) is 12.3 Å². The van der Waals surface area contributed by atoms with Gasteiger partial charge < -0.3 is 14.9 Å². The highest BCUT2D eigenvalue weighted by Crippen LogP contribution is 2.25. The Bertz CT molecular complexity index is 572. The number of carbonyl (C=O) groups is 1. The first-order chi connectivity index (χ1) is 8.72. The van der Waals surface area contributed by atoms with E-state index >= 15 is 0 Å². The molecule has 6 nitrogen and oxygen atoms in total. The van der Waals surface area contributed by atoms with Crippen LogP contribution in [0.3, 0.4) is 0 Å². The molecule has 0 fully saturated rings. The fourth-order valence-corrected chi connectivity index (χ4v) is 1.40. The lowest BCUT2D eigenvalue weighted by molar-refractivity contribution is 0.0693. The van der Waals surface area contributed by atoms with Crippen LogP contribution in [-0.2, 0) is 6.61 Å². The number of carboxylic acids is 1. The number of benzene rings is 1. The fraction of sp³-hybridized carbons (Fsp3) is 0.0833. The lowest BCUT2D eigenvalue weighted by Crippen LogP contribution is -2.03. The van der Waals surface area contributed by atoms with E-state index in [2.05, 4.69) is 10.2 Å². The highest BCUT2D eigenvalue weighted by molar-refractivity contribution is 5.90. The molecule has 0 atom stereocenters. The number of aliphatic hydroxyl groups is 1. The van der Waals surface area contributed by atoms with Crippen molar-refractivity contribution in [3.63, 3.8) is 0 Å². The summed E-state index contributed by atoms with van der Waals surface area (Å²) < 4.78 is 5.38.